The molecule has 0 radical (unpaired) electrons. The average molecular weight is 349 g/mol. The van der Waals surface area contributed by atoms with E-state index in [-0.39, 0.29) is 5.91 Å². The molecule has 6 heteroatoms. The molecule has 0 spiro atoms. The smallest absolute Gasteiger partial charge is 0.326 e. The van der Waals surface area contributed by atoms with E-state index in [0.29, 0.717) is 24.4 Å². The molecular formula is C20H19N3O3. The van der Waals surface area contributed by atoms with Crippen molar-refractivity contribution in [1.29, 1.82) is 0 Å². The van der Waals surface area contributed by atoms with Crippen LogP contribution in [-0.2, 0) is 16.0 Å². The standard InChI is InChI=1S/C20H19N3O3/c1-14(24)21-17-9-7-16(8-10-17)13-18-19(25)22-20(26)23(18)12-11-15-5-3-2-4-6-15/h2-10,13H,11-12H2,1H3,(H,21,24)(H,22,25,26)/b18-13-. The van der Waals surface area contributed by atoms with E-state index in [1.807, 2.05) is 30.3 Å². The number of nitrogens with zero attached hydrogens (tertiary/aromatic N) is 1. The van der Waals surface area contributed by atoms with Gasteiger partial charge in [-0.05, 0) is 35.8 Å². The van der Waals surface area contributed by atoms with Crippen molar-refractivity contribution in [2.75, 3.05) is 11.9 Å². The van der Waals surface area contributed by atoms with E-state index < -0.39 is 11.9 Å². The van der Waals surface area contributed by atoms with Crippen molar-refractivity contribution in [3.63, 3.8) is 0 Å². The van der Waals surface area contributed by atoms with Crippen molar-refractivity contribution >= 4 is 29.6 Å². The first-order valence-electron chi connectivity index (χ1n) is 8.29. The number of carbonyl (C=O) groups is 3. The van der Waals surface area contributed by atoms with Gasteiger partial charge in [-0.15, -0.1) is 0 Å². The number of anilines is 1. The SMILES string of the molecule is CC(=O)Nc1ccc(/C=C2/C(=O)NC(=O)N2CCc2ccccc2)cc1. The molecule has 2 aromatic carbocycles. The third kappa shape index (κ3) is 4.16. The fourth-order valence-corrected chi connectivity index (χ4v) is 2.74. The zero-order valence-corrected chi connectivity index (χ0v) is 14.4. The molecule has 1 fully saturated rings. The summed E-state index contributed by atoms with van der Waals surface area (Å²) < 4.78 is 0. The van der Waals surface area contributed by atoms with Crippen molar-refractivity contribution in [2.24, 2.45) is 0 Å². The molecule has 0 saturated carbocycles. The Kier molecular flexibility index (Phi) is 5.12. The Balaban J connectivity index is 1.76. The zero-order valence-electron chi connectivity index (χ0n) is 14.4. The molecule has 6 nitrogen and oxygen atoms in total. The minimum atomic E-state index is -0.410. The first kappa shape index (κ1) is 17.4. The summed E-state index contributed by atoms with van der Waals surface area (Å²) in [6, 6.07) is 16.4. The second-order valence-corrected chi connectivity index (χ2v) is 5.98. The van der Waals surface area contributed by atoms with Gasteiger partial charge >= 0.3 is 6.03 Å². The summed E-state index contributed by atoms with van der Waals surface area (Å²) in [4.78, 5) is 36.7. The molecule has 3 rings (SSSR count). The lowest BCUT2D eigenvalue weighted by atomic mass is 10.1. The van der Waals surface area contributed by atoms with Gasteiger partial charge in [-0.3, -0.25) is 19.8 Å². The minimum Gasteiger partial charge on any atom is -0.326 e. The van der Waals surface area contributed by atoms with Crippen LogP contribution < -0.4 is 10.6 Å². The predicted molar refractivity (Wildman–Crippen MR) is 99.1 cm³/mol. The second kappa shape index (κ2) is 7.65. The molecule has 1 aliphatic rings. The molecule has 1 aliphatic heterocycles. The highest BCUT2D eigenvalue weighted by molar-refractivity contribution is 6.14. The van der Waals surface area contributed by atoms with E-state index in [0.717, 1.165) is 11.1 Å². The van der Waals surface area contributed by atoms with Gasteiger partial charge in [-0.1, -0.05) is 42.5 Å². The van der Waals surface area contributed by atoms with Crippen LogP contribution in [0.5, 0.6) is 0 Å². The summed E-state index contributed by atoms with van der Waals surface area (Å²) in [5.74, 6) is -0.557. The molecule has 0 aromatic heterocycles. The monoisotopic (exact) mass is 349 g/mol. The Morgan fingerprint density at radius 1 is 1.08 bits per heavy atom. The van der Waals surface area contributed by atoms with Gasteiger partial charge < -0.3 is 5.32 Å². The molecule has 1 saturated heterocycles. The van der Waals surface area contributed by atoms with Crippen LogP contribution in [0, 0.1) is 0 Å². The molecule has 0 aliphatic carbocycles. The van der Waals surface area contributed by atoms with Crippen molar-refractivity contribution < 1.29 is 14.4 Å². The number of benzene rings is 2. The third-order valence-electron chi connectivity index (χ3n) is 3.99. The Morgan fingerprint density at radius 2 is 1.77 bits per heavy atom. The number of carbonyl (C=O) groups excluding carboxylic acids is 3. The Morgan fingerprint density at radius 3 is 2.42 bits per heavy atom. The topological polar surface area (TPSA) is 78.5 Å². The van der Waals surface area contributed by atoms with E-state index in [4.69, 9.17) is 0 Å². The van der Waals surface area contributed by atoms with Crippen LogP contribution in [0.15, 0.2) is 60.3 Å². The Labute approximate surface area is 151 Å². The van der Waals surface area contributed by atoms with Gasteiger partial charge in [0.25, 0.3) is 5.91 Å². The lowest BCUT2D eigenvalue weighted by molar-refractivity contribution is -0.116. The van der Waals surface area contributed by atoms with Crippen molar-refractivity contribution in [3.8, 4) is 0 Å². The van der Waals surface area contributed by atoms with Gasteiger partial charge in [0.05, 0.1) is 0 Å². The third-order valence-corrected chi connectivity index (χ3v) is 3.99. The minimum absolute atomic E-state index is 0.149. The van der Waals surface area contributed by atoms with Crippen LogP contribution in [0.2, 0.25) is 0 Å². The quantitative estimate of drug-likeness (QED) is 0.643. The van der Waals surface area contributed by atoms with E-state index >= 15 is 0 Å². The molecule has 2 aromatic rings. The summed E-state index contributed by atoms with van der Waals surface area (Å²) in [6.45, 7) is 1.85. The molecule has 4 amide bonds. The molecule has 0 unspecified atom stereocenters. The Hall–Kier alpha value is -3.41. The predicted octanol–water partition coefficient (Wildman–Crippen LogP) is 2.78. The highest BCUT2D eigenvalue weighted by atomic mass is 16.2. The molecule has 0 bridgehead atoms. The molecule has 132 valence electrons. The van der Waals surface area contributed by atoms with Crippen molar-refractivity contribution in [2.45, 2.75) is 13.3 Å². The fraction of sp³-hybridized carbons (Fsp3) is 0.150. The lowest BCUT2D eigenvalue weighted by Crippen LogP contribution is -2.29. The number of nitrogens with one attached hydrogen (secondary N) is 2. The number of amides is 4. The number of rotatable bonds is 5. The van der Waals surface area contributed by atoms with E-state index in [1.165, 1.54) is 11.8 Å². The number of hydrogen-bond acceptors (Lipinski definition) is 3. The highest BCUT2D eigenvalue weighted by Gasteiger charge is 2.32. The summed E-state index contributed by atoms with van der Waals surface area (Å²) in [5.41, 5.74) is 2.85. The van der Waals surface area contributed by atoms with Crippen LogP contribution >= 0.6 is 0 Å². The fourth-order valence-electron chi connectivity index (χ4n) is 2.74. The summed E-state index contributed by atoms with van der Waals surface area (Å²) >= 11 is 0. The van der Waals surface area contributed by atoms with Crippen molar-refractivity contribution in [3.05, 3.63) is 71.4 Å². The second-order valence-electron chi connectivity index (χ2n) is 5.98. The van der Waals surface area contributed by atoms with Crippen LogP contribution in [0.3, 0.4) is 0 Å². The first-order valence-corrected chi connectivity index (χ1v) is 8.29. The first-order chi connectivity index (χ1) is 12.5. The maximum absolute atomic E-state index is 12.1. The van der Waals surface area contributed by atoms with Crippen molar-refractivity contribution in [1.82, 2.24) is 10.2 Å². The largest absolute Gasteiger partial charge is 0.329 e. The summed E-state index contributed by atoms with van der Waals surface area (Å²) in [7, 11) is 0. The van der Waals surface area contributed by atoms with Gasteiger partial charge in [-0.2, -0.15) is 0 Å². The summed E-state index contributed by atoms with van der Waals surface area (Å²) in [6.07, 6.45) is 2.32. The Bertz CT molecular complexity index is 858. The lowest BCUT2D eigenvalue weighted by Gasteiger charge is -2.15. The molecule has 26 heavy (non-hydrogen) atoms. The van der Waals surface area contributed by atoms with Crippen LogP contribution in [-0.4, -0.2) is 29.3 Å². The van der Waals surface area contributed by atoms with Gasteiger partial charge in [0.2, 0.25) is 5.91 Å². The molecule has 1 heterocycles. The van der Waals surface area contributed by atoms with E-state index in [2.05, 4.69) is 10.6 Å². The normalized spacial score (nSPS) is 15.3. The maximum Gasteiger partial charge on any atom is 0.329 e. The van der Waals surface area contributed by atoms with Crippen LogP contribution in [0.4, 0.5) is 10.5 Å². The van der Waals surface area contributed by atoms with E-state index in [9.17, 15) is 14.4 Å². The molecule has 2 N–H and O–H groups in total. The van der Waals surface area contributed by atoms with E-state index in [1.54, 1.807) is 30.3 Å². The van der Waals surface area contributed by atoms with Gasteiger partial charge in [0.1, 0.15) is 5.70 Å². The maximum atomic E-state index is 12.1. The number of imide groups is 1. The highest BCUT2D eigenvalue weighted by Crippen LogP contribution is 2.19. The molecule has 0 atom stereocenters. The summed E-state index contributed by atoms with van der Waals surface area (Å²) in [5, 5.41) is 5.02. The molecular weight excluding hydrogens is 330 g/mol. The zero-order chi connectivity index (χ0) is 18.5. The number of urea groups is 1. The number of hydrogen-bond donors (Lipinski definition) is 2. The van der Waals surface area contributed by atoms with Crippen LogP contribution in [0.25, 0.3) is 6.08 Å². The van der Waals surface area contributed by atoms with Gasteiger partial charge in [0, 0.05) is 19.2 Å². The average Bonchev–Trinajstić information content (AvgIpc) is 2.88. The van der Waals surface area contributed by atoms with Crippen LogP contribution in [0.1, 0.15) is 18.1 Å². The van der Waals surface area contributed by atoms with Gasteiger partial charge in [-0.25, -0.2) is 4.79 Å². The van der Waals surface area contributed by atoms with Gasteiger partial charge in [0.15, 0.2) is 0 Å².